The van der Waals surface area contributed by atoms with Crippen molar-refractivity contribution in [3.05, 3.63) is 18.2 Å². The number of nitrogens with one attached hydrogen (secondary N) is 2. The van der Waals surface area contributed by atoms with E-state index in [0.29, 0.717) is 35.5 Å². The predicted octanol–water partition coefficient (Wildman–Crippen LogP) is 1.27. The van der Waals surface area contributed by atoms with Gasteiger partial charge >= 0.3 is 0 Å². The Balaban J connectivity index is 1.94. The van der Waals surface area contributed by atoms with E-state index in [1.165, 1.54) is 18.9 Å². The van der Waals surface area contributed by atoms with Crippen LogP contribution in [0.2, 0.25) is 0 Å². The number of amidine groups is 1. The number of hydrogen-bond donors (Lipinski definition) is 2. The highest BCUT2D eigenvalue weighted by atomic mass is 32.2. The molecule has 8 nitrogen and oxygen atoms in total. The van der Waals surface area contributed by atoms with Gasteiger partial charge in [0.15, 0.2) is 5.17 Å². The molecule has 1 saturated heterocycles. The monoisotopic (exact) mass is 367 g/mol. The zero-order valence-corrected chi connectivity index (χ0v) is 15.1. The molecule has 0 bridgehead atoms. The van der Waals surface area contributed by atoms with E-state index in [1.54, 1.807) is 32.4 Å². The lowest BCUT2D eigenvalue weighted by Gasteiger charge is -2.12. The molecule has 25 heavy (non-hydrogen) atoms. The third-order valence-corrected chi connectivity index (χ3v) is 4.50. The summed E-state index contributed by atoms with van der Waals surface area (Å²) in [6.45, 7) is 0.934. The molecule has 136 valence electrons. The molecule has 0 aliphatic carbocycles. The van der Waals surface area contributed by atoms with Crippen LogP contribution in [0.5, 0.6) is 11.5 Å². The van der Waals surface area contributed by atoms with Gasteiger partial charge in [-0.25, -0.2) is 0 Å². The Labute approximate surface area is 150 Å². The number of anilines is 1. The highest BCUT2D eigenvalue weighted by Gasteiger charge is 2.32. The van der Waals surface area contributed by atoms with E-state index in [4.69, 9.17) is 14.2 Å². The first-order chi connectivity index (χ1) is 12.1. The van der Waals surface area contributed by atoms with Crippen molar-refractivity contribution in [1.29, 1.82) is 0 Å². The van der Waals surface area contributed by atoms with Gasteiger partial charge in [0.25, 0.3) is 0 Å². The average Bonchev–Trinajstić information content (AvgIpc) is 2.95. The summed E-state index contributed by atoms with van der Waals surface area (Å²) in [4.78, 5) is 28.4. The van der Waals surface area contributed by atoms with Crippen LogP contribution in [-0.2, 0) is 14.3 Å². The molecule has 0 aromatic heterocycles. The lowest BCUT2D eigenvalue weighted by atomic mass is 10.2. The standard InChI is InChI=1S/C16H21N3O5S/c1-22-7-6-17-16-19-15(21)13(25-16)9-14(20)18-11-5-4-10(23-2)8-12(11)24-3/h4-5,8,13H,6-7,9H2,1-3H3,(H,18,20)(H,17,19,21). The van der Waals surface area contributed by atoms with Crippen LogP contribution in [0.1, 0.15) is 6.42 Å². The van der Waals surface area contributed by atoms with Crippen molar-refractivity contribution >= 4 is 34.4 Å². The molecular weight excluding hydrogens is 346 g/mol. The largest absolute Gasteiger partial charge is 0.497 e. The van der Waals surface area contributed by atoms with E-state index in [0.717, 1.165) is 0 Å². The van der Waals surface area contributed by atoms with Crippen LogP contribution in [0, 0.1) is 0 Å². The summed E-state index contributed by atoms with van der Waals surface area (Å²) in [6.07, 6.45) is 0.0367. The van der Waals surface area contributed by atoms with Crippen LogP contribution in [0.15, 0.2) is 23.2 Å². The fourth-order valence-electron chi connectivity index (χ4n) is 2.12. The van der Waals surface area contributed by atoms with E-state index in [2.05, 4.69) is 15.6 Å². The summed E-state index contributed by atoms with van der Waals surface area (Å²) < 4.78 is 15.3. The van der Waals surface area contributed by atoms with Gasteiger partial charge < -0.3 is 24.8 Å². The van der Waals surface area contributed by atoms with Gasteiger partial charge in [-0.05, 0) is 12.1 Å². The van der Waals surface area contributed by atoms with Crippen molar-refractivity contribution in [3.63, 3.8) is 0 Å². The predicted molar refractivity (Wildman–Crippen MR) is 96.5 cm³/mol. The van der Waals surface area contributed by atoms with E-state index < -0.39 is 5.25 Å². The second-order valence-electron chi connectivity index (χ2n) is 5.09. The van der Waals surface area contributed by atoms with Crippen molar-refractivity contribution < 1.29 is 23.8 Å². The summed E-state index contributed by atoms with van der Waals surface area (Å²) in [5.41, 5.74) is 0.519. The summed E-state index contributed by atoms with van der Waals surface area (Å²) in [5, 5.41) is 5.43. The van der Waals surface area contributed by atoms with Crippen molar-refractivity contribution in [2.45, 2.75) is 11.7 Å². The van der Waals surface area contributed by atoms with E-state index in [1.807, 2.05) is 0 Å². The first-order valence-electron chi connectivity index (χ1n) is 7.60. The zero-order valence-electron chi connectivity index (χ0n) is 14.3. The maximum absolute atomic E-state index is 12.3. The lowest BCUT2D eigenvalue weighted by Crippen LogP contribution is -2.28. The minimum atomic E-state index is -0.509. The number of carbonyl (C=O) groups excluding carboxylic acids is 2. The molecule has 0 radical (unpaired) electrons. The molecule has 1 aromatic rings. The van der Waals surface area contributed by atoms with Gasteiger partial charge in [0, 0.05) is 19.6 Å². The van der Waals surface area contributed by atoms with Gasteiger partial charge in [-0.2, -0.15) is 0 Å². The van der Waals surface area contributed by atoms with E-state index >= 15 is 0 Å². The molecule has 1 unspecified atom stereocenters. The SMILES string of the molecule is COCCN=C1NC(=O)C(CC(=O)Nc2ccc(OC)cc2OC)S1. The topological polar surface area (TPSA) is 98.2 Å². The molecule has 1 atom stereocenters. The van der Waals surface area contributed by atoms with Crippen molar-refractivity contribution in [2.24, 2.45) is 4.99 Å². The number of hydrogen-bond acceptors (Lipinski definition) is 7. The quantitative estimate of drug-likeness (QED) is 0.672. The molecule has 9 heteroatoms. The molecule has 1 heterocycles. The lowest BCUT2D eigenvalue weighted by molar-refractivity contribution is -0.122. The molecular formula is C16H21N3O5S. The minimum Gasteiger partial charge on any atom is -0.497 e. The third kappa shape index (κ3) is 5.36. The average molecular weight is 367 g/mol. The van der Waals surface area contributed by atoms with E-state index in [-0.39, 0.29) is 18.2 Å². The van der Waals surface area contributed by atoms with Gasteiger partial charge in [0.05, 0.1) is 33.1 Å². The first kappa shape index (κ1) is 19.1. The fourth-order valence-corrected chi connectivity index (χ4v) is 3.12. The number of nitrogens with zero attached hydrogens (tertiary/aromatic N) is 1. The van der Waals surface area contributed by atoms with Crippen LogP contribution < -0.4 is 20.1 Å². The first-order valence-corrected chi connectivity index (χ1v) is 8.48. The minimum absolute atomic E-state index is 0.0367. The zero-order chi connectivity index (χ0) is 18.2. The smallest absolute Gasteiger partial charge is 0.240 e. The Kier molecular flexibility index (Phi) is 7.08. The highest BCUT2D eigenvalue weighted by molar-refractivity contribution is 8.15. The Hall–Kier alpha value is -2.26. The number of aliphatic imine (C=N–C) groups is 1. The van der Waals surface area contributed by atoms with Crippen molar-refractivity contribution in [2.75, 3.05) is 39.8 Å². The number of benzene rings is 1. The van der Waals surface area contributed by atoms with Crippen LogP contribution in [0.3, 0.4) is 0 Å². The van der Waals surface area contributed by atoms with Gasteiger partial charge in [-0.15, -0.1) is 0 Å². The Morgan fingerprint density at radius 3 is 2.80 bits per heavy atom. The van der Waals surface area contributed by atoms with Crippen LogP contribution >= 0.6 is 11.8 Å². The number of carbonyl (C=O) groups is 2. The van der Waals surface area contributed by atoms with Crippen molar-refractivity contribution in [3.8, 4) is 11.5 Å². The maximum Gasteiger partial charge on any atom is 0.240 e. The van der Waals surface area contributed by atoms with Gasteiger partial charge in [0.2, 0.25) is 11.8 Å². The normalized spacial score (nSPS) is 18.1. The Morgan fingerprint density at radius 2 is 2.12 bits per heavy atom. The summed E-state index contributed by atoms with van der Waals surface area (Å²) in [5.74, 6) is 0.600. The number of thioether (sulfide) groups is 1. The number of methoxy groups -OCH3 is 3. The van der Waals surface area contributed by atoms with E-state index in [9.17, 15) is 9.59 Å². The molecule has 1 fully saturated rings. The Bertz CT molecular complexity index is 665. The maximum atomic E-state index is 12.3. The molecule has 0 saturated carbocycles. The molecule has 1 aromatic carbocycles. The van der Waals surface area contributed by atoms with Crippen LogP contribution in [0.25, 0.3) is 0 Å². The summed E-state index contributed by atoms with van der Waals surface area (Å²) in [7, 11) is 4.64. The van der Waals surface area contributed by atoms with Gasteiger partial charge in [-0.1, -0.05) is 11.8 Å². The molecule has 2 amide bonds. The van der Waals surface area contributed by atoms with Crippen LogP contribution in [0.4, 0.5) is 5.69 Å². The number of ether oxygens (including phenoxy) is 3. The van der Waals surface area contributed by atoms with Gasteiger partial charge in [-0.3, -0.25) is 14.6 Å². The highest BCUT2D eigenvalue weighted by Crippen LogP contribution is 2.30. The third-order valence-electron chi connectivity index (χ3n) is 3.38. The van der Waals surface area contributed by atoms with Crippen LogP contribution in [-0.4, -0.2) is 56.7 Å². The molecule has 1 aliphatic rings. The molecule has 1 aliphatic heterocycles. The Morgan fingerprint density at radius 1 is 1.32 bits per heavy atom. The molecule has 0 spiro atoms. The second kappa shape index (κ2) is 9.28. The molecule has 2 rings (SSSR count). The number of amides is 2. The molecule has 2 N–H and O–H groups in total. The fraction of sp³-hybridized carbons (Fsp3) is 0.438. The number of rotatable bonds is 8. The van der Waals surface area contributed by atoms with Gasteiger partial charge in [0.1, 0.15) is 16.7 Å². The summed E-state index contributed by atoms with van der Waals surface area (Å²) >= 11 is 1.25. The second-order valence-corrected chi connectivity index (χ2v) is 6.29. The summed E-state index contributed by atoms with van der Waals surface area (Å²) in [6, 6.07) is 5.08. The van der Waals surface area contributed by atoms with Crippen molar-refractivity contribution in [1.82, 2.24) is 5.32 Å².